The van der Waals surface area contributed by atoms with Gasteiger partial charge in [0.2, 0.25) is 0 Å². The Morgan fingerprint density at radius 2 is 1.71 bits per heavy atom. The first-order valence-corrected chi connectivity index (χ1v) is 8.59. The standard InChI is InChI=1S/C22H17N3O3/c23-15-7-4-13(5-8-15)21(27)14-6-9-18-19(22(28)25-20(18)10-14)12-24-16-2-1-3-17(26)11-16/h1-12,25-26,28H,23H2. The van der Waals surface area contributed by atoms with Crippen molar-refractivity contribution in [1.82, 2.24) is 4.98 Å². The summed E-state index contributed by atoms with van der Waals surface area (Å²) in [5, 5.41) is 20.5. The van der Waals surface area contributed by atoms with Crippen LogP contribution in [-0.4, -0.2) is 27.2 Å². The maximum atomic E-state index is 12.7. The van der Waals surface area contributed by atoms with Crippen LogP contribution in [0.3, 0.4) is 0 Å². The first kappa shape index (κ1) is 17.4. The molecule has 6 nitrogen and oxygen atoms in total. The highest BCUT2D eigenvalue weighted by atomic mass is 16.3. The van der Waals surface area contributed by atoms with Gasteiger partial charge >= 0.3 is 0 Å². The van der Waals surface area contributed by atoms with Crippen LogP contribution in [0.25, 0.3) is 10.9 Å². The lowest BCUT2D eigenvalue weighted by molar-refractivity contribution is 0.103. The second-order valence-electron chi connectivity index (χ2n) is 6.38. The van der Waals surface area contributed by atoms with E-state index in [1.807, 2.05) is 0 Å². The summed E-state index contributed by atoms with van der Waals surface area (Å²) >= 11 is 0. The van der Waals surface area contributed by atoms with Crippen LogP contribution >= 0.6 is 0 Å². The number of fused-ring (bicyclic) bond motifs is 1. The average Bonchev–Trinajstić information content (AvgIpc) is 3.00. The number of aliphatic imine (C=N–C) groups is 1. The Morgan fingerprint density at radius 1 is 0.964 bits per heavy atom. The maximum Gasteiger partial charge on any atom is 0.198 e. The molecular formula is C22H17N3O3. The number of nitrogens with two attached hydrogens (primary N) is 1. The minimum Gasteiger partial charge on any atom is -0.508 e. The SMILES string of the molecule is Nc1ccc(C(=O)c2ccc3c(C=Nc4cccc(O)c4)c(O)[nH]c3c2)cc1. The number of aromatic amines is 1. The number of aromatic nitrogens is 1. The number of anilines is 1. The third-order valence-electron chi connectivity index (χ3n) is 4.43. The Morgan fingerprint density at radius 3 is 2.46 bits per heavy atom. The van der Waals surface area contributed by atoms with E-state index in [1.54, 1.807) is 60.7 Å². The topological polar surface area (TPSA) is 112 Å². The number of aromatic hydroxyl groups is 2. The van der Waals surface area contributed by atoms with Crippen molar-refractivity contribution in [3.63, 3.8) is 0 Å². The summed E-state index contributed by atoms with van der Waals surface area (Å²) < 4.78 is 0. The zero-order chi connectivity index (χ0) is 19.7. The van der Waals surface area contributed by atoms with Gasteiger partial charge in [-0.3, -0.25) is 9.79 Å². The van der Waals surface area contributed by atoms with Crippen LogP contribution in [0.4, 0.5) is 11.4 Å². The van der Waals surface area contributed by atoms with Crippen molar-refractivity contribution in [3.8, 4) is 11.6 Å². The lowest BCUT2D eigenvalue weighted by Crippen LogP contribution is -2.01. The number of phenols is 1. The van der Waals surface area contributed by atoms with Crippen molar-refractivity contribution < 1.29 is 15.0 Å². The molecule has 0 saturated heterocycles. The minimum atomic E-state index is -0.133. The van der Waals surface area contributed by atoms with E-state index in [0.717, 1.165) is 5.39 Å². The van der Waals surface area contributed by atoms with Crippen LogP contribution in [0.15, 0.2) is 71.7 Å². The van der Waals surface area contributed by atoms with Crippen LogP contribution < -0.4 is 5.73 Å². The van der Waals surface area contributed by atoms with Gasteiger partial charge in [-0.1, -0.05) is 18.2 Å². The van der Waals surface area contributed by atoms with Crippen LogP contribution in [0, 0.1) is 0 Å². The molecule has 0 aliphatic rings. The minimum absolute atomic E-state index is 0.0454. The number of hydrogen-bond acceptors (Lipinski definition) is 5. The molecule has 4 aromatic rings. The first-order valence-electron chi connectivity index (χ1n) is 8.59. The summed E-state index contributed by atoms with van der Waals surface area (Å²) in [5.41, 5.74) is 8.98. The zero-order valence-electron chi connectivity index (χ0n) is 14.8. The molecule has 0 radical (unpaired) electrons. The van der Waals surface area contributed by atoms with E-state index in [4.69, 9.17) is 5.73 Å². The third-order valence-corrected chi connectivity index (χ3v) is 4.43. The van der Waals surface area contributed by atoms with Gasteiger partial charge in [-0.05, 0) is 42.5 Å². The number of H-pyrrole nitrogens is 1. The van der Waals surface area contributed by atoms with Crippen molar-refractivity contribution in [1.29, 1.82) is 0 Å². The molecule has 0 atom stereocenters. The van der Waals surface area contributed by atoms with Crippen LogP contribution in [0.1, 0.15) is 21.5 Å². The molecule has 0 aliphatic carbocycles. The fraction of sp³-hybridized carbons (Fsp3) is 0. The number of benzene rings is 3. The summed E-state index contributed by atoms with van der Waals surface area (Å²) in [5.74, 6) is -0.0643. The molecule has 1 aromatic heterocycles. The highest BCUT2D eigenvalue weighted by Gasteiger charge is 2.14. The van der Waals surface area contributed by atoms with E-state index < -0.39 is 0 Å². The molecule has 0 spiro atoms. The second kappa shape index (κ2) is 6.92. The van der Waals surface area contributed by atoms with Crippen molar-refractivity contribution >= 4 is 34.3 Å². The number of nitrogens with zero attached hydrogens (tertiary/aromatic N) is 1. The van der Waals surface area contributed by atoms with E-state index >= 15 is 0 Å². The molecule has 138 valence electrons. The van der Waals surface area contributed by atoms with Gasteiger partial charge in [-0.15, -0.1) is 0 Å². The molecule has 4 rings (SSSR count). The lowest BCUT2D eigenvalue weighted by Gasteiger charge is -2.02. The van der Waals surface area contributed by atoms with Gasteiger partial charge < -0.3 is 20.9 Å². The van der Waals surface area contributed by atoms with Crippen LogP contribution in [0.2, 0.25) is 0 Å². The van der Waals surface area contributed by atoms with Crippen molar-refractivity contribution in [2.45, 2.75) is 0 Å². The molecule has 6 heteroatoms. The van der Waals surface area contributed by atoms with Crippen molar-refractivity contribution in [3.05, 3.63) is 83.4 Å². The van der Waals surface area contributed by atoms with Gasteiger partial charge in [-0.2, -0.15) is 0 Å². The summed E-state index contributed by atoms with van der Waals surface area (Å²) in [6.45, 7) is 0. The van der Waals surface area contributed by atoms with Gasteiger partial charge in [0.05, 0.1) is 11.3 Å². The van der Waals surface area contributed by atoms with Gasteiger partial charge in [-0.25, -0.2) is 0 Å². The van der Waals surface area contributed by atoms with E-state index in [-0.39, 0.29) is 17.4 Å². The first-order chi connectivity index (χ1) is 13.5. The Hall–Kier alpha value is -4.06. The molecule has 1 heterocycles. The normalized spacial score (nSPS) is 11.3. The zero-order valence-corrected chi connectivity index (χ0v) is 14.8. The van der Waals surface area contributed by atoms with Crippen LogP contribution in [0.5, 0.6) is 11.6 Å². The predicted molar refractivity (Wildman–Crippen MR) is 110 cm³/mol. The number of carbonyl (C=O) groups is 1. The molecule has 0 bridgehead atoms. The largest absolute Gasteiger partial charge is 0.508 e. The Balaban J connectivity index is 1.68. The number of ketones is 1. The number of hydrogen-bond donors (Lipinski definition) is 4. The molecule has 28 heavy (non-hydrogen) atoms. The lowest BCUT2D eigenvalue weighted by atomic mass is 10.0. The van der Waals surface area contributed by atoms with E-state index in [2.05, 4.69) is 9.98 Å². The number of rotatable bonds is 4. The quantitative estimate of drug-likeness (QED) is 0.245. The van der Waals surface area contributed by atoms with Gasteiger partial charge in [0, 0.05) is 40.0 Å². The monoisotopic (exact) mass is 371 g/mol. The predicted octanol–water partition coefficient (Wildman–Crippen LogP) is 4.14. The van der Waals surface area contributed by atoms with E-state index in [9.17, 15) is 15.0 Å². The van der Waals surface area contributed by atoms with E-state index in [1.165, 1.54) is 12.3 Å². The van der Waals surface area contributed by atoms with Crippen molar-refractivity contribution in [2.24, 2.45) is 4.99 Å². The van der Waals surface area contributed by atoms with Crippen LogP contribution in [-0.2, 0) is 0 Å². The summed E-state index contributed by atoms with van der Waals surface area (Å²) in [6, 6.07) is 18.4. The summed E-state index contributed by atoms with van der Waals surface area (Å²) in [4.78, 5) is 19.8. The smallest absolute Gasteiger partial charge is 0.198 e. The number of phenolic OH excluding ortho intramolecular Hbond substituents is 1. The number of nitrogens with one attached hydrogen (secondary N) is 1. The number of nitrogen functional groups attached to an aromatic ring is 1. The molecule has 0 saturated carbocycles. The van der Waals surface area contributed by atoms with Gasteiger partial charge in [0.25, 0.3) is 0 Å². The molecule has 0 fully saturated rings. The molecular weight excluding hydrogens is 354 g/mol. The van der Waals surface area contributed by atoms with Gasteiger partial charge in [0.15, 0.2) is 11.7 Å². The van der Waals surface area contributed by atoms with E-state index in [0.29, 0.717) is 33.6 Å². The summed E-state index contributed by atoms with van der Waals surface area (Å²) in [7, 11) is 0. The second-order valence-corrected chi connectivity index (χ2v) is 6.38. The fourth-order valence-electron chi connectivity index (χ4n) is 2.99. The molecule has 3 aromatic carbocycles. The number of carbonyl (C=O) groups excluding carboxylic acids is 1. The third kappa shape index (κ3) is 3.31. The van der Waals surface area contributed by atoms with Crippen molar-refractivity contribution in [2.75, 3.05) is 5.73 Å². The highest BCUT2D eigenvalue weighted by Crippen LogP contribution is 2.28. The molecule has 5 N–H and O–H groups in total. The Labute approximate surface area is 160 Å². The highest BCUT2D eigenvalue weighted by molar-refractivity contribution is 6.12. The Bertz CT molecular complexity index is 1210. The maximum absolute atomic E-state index is 12.7. The molecule has 0 unspecified atom stereocenters. The Kier molecular flexibility index (Phi) is 4.29. The van der Waals surface area contributed by atoms with Gasteiger partial charge in [0.1, 0.15) is 5.75 Å². The fourth-order valence-corrected chi connectivity index (χ4v) is 2.99. The molecule has 0 aliphatic heterocycles. The average molecular weight is 371 g/mol. The molecule has 0 amide bonds. The summed E-state index contributed by atoms with van der Waals surface area (Å²) in [6.07, 6.45) is 1.52.